The van der Waals surface area contributed by atoms with E-state index in [2.05, 4.69) is 11.7 Å². The van der Waals surface area contributed by atoms with E-state index in [0.29, 0.717) is 37.9 Å². The van der Waals surface area contributed by atoms with Crippen LogP contribution in [0.4, 0.5) is 0 Å². The maximum atomic E-state index is 13.3. The molecule has 5 aromatic rings. The van der Waals surface area contributed by atoms with Crippen molar-refractivity contribution in [2.24, 2.45) is 0 Å². The molecule has 174 valence electrons. The quantitative estimate of drug-likeness (QED) is 0.342. The van der Waals surface area contributed by atoms with Gasteiger partial charge < -0.3 is 0 Å². The first-order valence-corrected chi connectivity index (χ1v) is 11.9. The number of halogens is 3. The Balaban J connectivity index is 1.63. The summed E-state index contributed by atoms with van der Waals surface area (Å²) in [7, 11) is 0. The highest BCUT2D eigenvalue weighted by Crippen LogP contribution is 2.25. The van der Waals surface area contributed by atoms with E-state index < -0.39 is 0 Å². The first kappa shape index (κ1) is 23.2. The molecule has 0 spiro atoms. The highest BCUT2D eigenvalue weighted by atomic mass is 35.5. The fourth-order valence-electron chi connectivity index (χ4n) is 3.87. The van der Waals surface area contributed by atoms with Gasteiger partial charge in [0.15, 0.2) is 0 Å². The highest BCUT2D eigenvalue weighted by molar-refractivity contribution is 6.42. The molecule has 1 N–H and O–H groups in total. The second-order valence-electron chi connectivity index (χ2n) is 8.01. The lowest BCUT2D eigenvalue weighted by molar-refractivity contribution is 0.689. The second-order valence-corrected chi connectivity index (χ2v) is 9.26. The van der Waals surface area contributed by atoms with Gasteiger partial charge in [-0.15, -0.1) is 0 Å². The number of hydrogen-bond donors (Lipinski definition) is 1. The molecular formula is C27H19Cl3N4O. The summed E-state index contributed by atoms with van der Waals surface area (Å²) in [4.78, 5) is 13.3. The largest absolute Gasteiger partial charge is 0.291 e. The summed E-state index contributed by atoms with van der Waals surface area (Å²) >= 11 is 18.4. The summed E-state index contributed by atoms with van der Waals surface area (Å²) in [6.07, 6.45) is 3.71. The van der Waals surface area contributed by atoms with Crippen LogP contribution < -0.4 is 16.1 Å². The van der Waals surface area contributed by atoms with Gasteiger partial charge in [-0.25, -0.2) is 4.68 Å². The monoisotopic (exact) mass is 520 g/mol. The smallest absolute Gasteiger partial charge is 0.279 e. The first-order chi connectivity index (χ1) is 16.9. The van der Waals surface area contributed by atoms with Gasteiger partial charge in [-0.3, -0.25) is 14.6 Å². The molecule has 2 heterocycles. The second kappa shape index (κ2) is 9.62. The van der Waals surface area contributed by atoms with Crippen LogP contribution in [0.25, 0.3) is 29.6 Å². The summed E-state index contributed by atoms with van der Waals surface area (Å²) in [6, 6.07) is 22.4. The minimum atomic E-state index is -0.228. The summed E-state index contributed by atoms with van der Waals surface area (Å²) in [6.45, 7) is 4.53. The van der Waals surface area contributed by atoms with Crippen LogP contribution in [0, 0.1) is 0 Å². The van der Waals surface area contributed by atoms with Gasteiger partial charge in [0.05, 0.1) is 38.5 Å². The van der Waals surface area contributed by atoms with E-state index in [4.69, 9.17) is 39.9 Å². The van der Waals surface area contributed by atoms with Crippen molar-refractivity contribution in [1.82, 2.24) is 19.6 Å². The third kappa shape index (κ3) is 4.84. The minimum absolute atomic E-state index is 0.228. The molecule has 0 amide bonds. The minimum Gasteiger partial charge on any atom is -0.291 e. The molecule has 35 heavy (non-hydrogen) atoms. The molecule has 8 heteroatoms. The Morgan fingerprint density at radius 1 is 0.943 bits per heavy atom. The molecule has 0 radical (unpaired) electrons. The van der Waals surface area contributed by atoms with E-state index >= 15 is 0 Å². The van der Waals surface area contributed by atoms with E-state index in [9.17, 15) is 4.79 Å². The van der Waals surface area contributed by atoms with Crippen molar-refractivity contribution in [1.29, 1.82) is 0 Å². The van der Waals surface area contributed by atoms with Crippen LogP contribution >= 0.6 is 34.8 Å². The Morgan fingerprint density at radius 2 is 1.74 bits per heavy atom. The highest BCUT2D eigenvalue weighted by Gasteiger charge is 2.12. The molecule has 0 saturated heterocycles. The van der Waals surface area contributed by atoms with E-state index in [1.54, 1.807) is 30.3 Å². The van der Waals surface area contributed by atoms with Crippen LogP contribution in [-0.4, -0.2) is 19.6 Å². The first-order valence-electron chi connectivity index (χ1n) is 10.7. The molecule has 5 rings (SSSR count). The Morgan fingerprint density at radius 3 is 2.49 bits per heavy atom. The zero-order chi connectivity index (χ0) is 24.5. The molecule has 0 aliphatic heterocycles. The molecule has 0 bridgehead atoms. The molecule has 0 atom stereocenters. The van der Waals surface area contributed by atoms with Gasteiger partial charge >= 0.3 is 0 Å². The van der Waals surface area contributed by atoms with Crippen LogP contribution in [0.1, 0.15) is 11.1 Å². The van der Waals surface area contributed by atoms with Gasteiger partial charge in [-0.2, -0.15) is 5.10 Å². The Labute approximate surface area is 216 Å². The number of hydrogen-bond acceptors (Lipinski definition) is 2. The van der Waals surface area contributed by atoms with Gasteiger partial charge in [-0.05, 0) is 42.0 Å². The van der Waals surface area contributed by atoms with Crippen LogP contribution in [-0.2, 0) is 6.54 Å². The lowest BCUT2D eigenvalue weighted by Gasteiger charge is -2.03. The van der Waals surface area contributed by atoms with Gasteiger partial charge in [0, 0.05) is 22.3 Å². The van der Waals surface area contributed by atoms with Crippen LogP contribution in [0.3, 0.4) is 0 Å². The Kier molecular flexibility index (Phi) is 6.39. The Hall–Kier alpha value is -3.51. The lowest BCUT2D eigenvalue weighted by Crippen LogP contribution is -2.34. The molecule has 0 fully saturated rings. The number of benzene rings is 3. The molecule has 3 aromatic carbocycles. The third-order valence-electron chi connectivity index (χ3n) is 5.54. The van der Waals surface area contributed by atoms with Crippen LogP contribution in [0.2, 0.25) is 15.1 Å². The molecule has 0 aliphatic rings. The number of aromatic nitrogens is 4. The molecule has 0 aliphatic carbocycles. The summed E-state index contributed by atoms with van der Waals surface area (Å²) in [5.74, 6) is 0. The SMILES string of the molecule is C=c1[nH]n(-c2cccc(Cl)c2)c(=O)c1=Cc1cn(Cc2ccc(Cl)c(Cl)c2)nc1-c1ccccc1. The predicted molar refractivity (Wildman–Crippen MR) is 143 cm³/mol. The van der Waals surface area contributed by atoms with E-state index in [0.717, 1.165) is 22.4 Å². The number of rotatable bonds is 5. The van der Waals surface area contributed by atoms with Crippen LogP contribution in [0.15, 0.2) is 83.8 Å². The number of nitrogens with zero attached hydrogens (tertiary/aromatic N) is 3. The average Bonchev–Trinajstić information content (AvgIpc) is 3.37. The van der Waals surface area contributed by atoms with E-state index in [-0.39, 0.29) is 5.56 Å². The van der Waals surface area contributed by atoms with Crippen molar-refractivity contribution in [2.75, 3.05) is 0 Å². The zero-order valence-corrected chi connectivity index (χ0v) is 20.6. The third-order valence-corrected chi connectivity index (χ3v) is 6.51. The van der Waals surface area contributed by atoms with Crippen molar-refractivity contribution in [3.63, 3.8) is 0 Å². The number of nitrogens with one attached hydrogen (secondary N) is 1. The van der Waals surface area contributed by atoms with Crippen molar-refractivity contribution >= 4 is 47.5 Å². The van der Waals surface area contributed by atoms with Gasteiger partial charge in [0.1, 0.15) is 0 Å². The Bertz CT molecular complexity index is 1700. The number of aromatic amines is 1. The molecule has 5 nitrogen and oxygen atoms in total. The zero-order valence-electron chi connectivity index (χ0n) is 18.4. The van der Waals surface area contributed by atoms with Crippen molar-refractivity contribution in [2.45, 2.75) is 6.54 Å². The predicted octanol–water partition coefficient (Wildman–Crippen LogP) is 5.28. The summed E-state index contributed by atoms with van der Waals surface area (Å²) < 4.78 is 3.25. The standard InChI is InChI=1S/C27H19Cl3N4O/c1-17-23(27(35)34(31-17)22-9-5-8-21(28)14-22)13-20-16-33(15-18-10-11-24(29)25(30)12-18)32-26(20)19-6-3-2-4-7-19/h2-14,16,31H,1,15H2. The average molecular weight is 522 g/mol. The molecule has 0 saturated carbocycles. The van der Waals surface area contributed by atoms with Gasteiger partial charge in [0.2, 0.25) is 0 Å². The maximum absolute atomic E-state index is 13.3. The molecular weight excluding hydrogens is 503 g/mol. The number of H-pyrrole nitrogens is 1. The van der Waals surface area contributed by atoms with Crippen molar-refractivity contribution in [3.8, 4) is 16.9 Å². The van der Waals surface area contributed by atoms with Crippen molar-refractivity contribution < 1.29 is 0 Å². The topological polar surface area (TPSA) is 55.6 Å². The fourth-order valence-corrected chi connectivity index (χ4v) is 4.37. The fraction of sp³-hybridized carbons (Fsp3) is 0.0370. The summed E-state index contributed by atoms with van der Waals surface area (Å²) in [5.41, 5.74) is 3.83. The lowest BCUT2D eigenvalue weighted by atomic mass is 10.1. The maximum Gasteiger partial charge on any atom is 0.279 e. The van der Waals surface area contributed by atoms with Crippen LogP contribution in [0.5, 0.6) is 0 Å². The van der Waals surface area contributed by atoms with E-state index in [1.165, 1.54) is 4.68 Å². The summed E-state index contributed by atoms with van der Waals surface area (Å²) in [5, 5.41) is 10.3. The van der Waals surface area contributed by atoms with Gasteiger partial charge in [-0.1, -0.05) is 83.8 Å². The van der Waals surface area contributed by atoms with Crippen molar-refractivity contribution in [3.05, 3.63) is 126 Å². The van der Waals surface area contributed by atoms with Gasteiger partial charge in [0.25, 0.3) is 5.56 Å². The molecule has 2 aromatic heterocycles. The molecule has 0 unspecified atom stereocenters. The van der Waals surface area contributed by atoms with E-state index in [1.807, 2.05) is 59.4 Å². The normalized spacial score (nSPS) is 11.8.